The molecular weight excluding hydrogens is 290 g/mol. The molecule has 0 aliphatic rings. The number of anilines is 1. The van der Waals surface area contributed by atoms with Crippen LogP contribution in [0.25, 0.3) is 0 Å². The molecule has 0 unspecified atom stereocenters. The first-order valence-corrected chi connectivity index (χ1v) is 8.16. The molecule has 0 spiro atoms. The summed E-state index contributed by atoms with van der Waals surface area (Å²) >= 11 is 0. The Morgan fingerprint density at radius 1 is 1.19 bits per heavy atom. The summed E-state index contributed by atoms with van der Waals surface area (Å²) in [6.45, 7) is 3.50. The zero-order chi connectivity index (χ0) is 15.5. The molecular formula is C15H19NO4S. The molecule has 0 amide bonds. The number of benzene rings is 1. The van der Waals surface area contributed by atoms with Gasteiger partial charge in [-0.25, -0.2) is 8.42 Å². The van der Waals surface area contributed by atoms with Crippen molar-refractivity contribution < 1.29 is 17.9 Å². The van der Waals surface area contributed by atoms with Gasteiger partial charge in [-0.15, -0.1) is 0 Å². The van der Waals surface area contributed by atoms with Crippen LogP contribution in [-0.4, -0.2) is 26.7 Å². The van der Waals surface area contributed by atoms with Gasteiger partial charge in [0.1, 0.15) is 16.4 Å². The lowest BCUT2D eigenvalue weighted by Gasteiger charge is -2.23. The summed E-state index contributed by atoms with van der Waals surface area (Å²) in [5.74, 6) is 0.929. The van der Waals surface area contributed by atoms with Crippen molar-refractivity contribution in [3.8, 4) is 0 Å². The lowest BCUT2D eigenvalue weighted by molar-refractivity contribution is 0.291. The van der Waals surface area contributed by atoms with Crippen LogP contribution >= 0.6 is 0 Å². The second-order valence-corrected chi connectivity index (χ2v) is 6.60. The van der Waals surface area contributed by atoms with Crippen molar-refractivity contribution in [1.29, 1.82) is 0 Å². The Labute approximate surface area is 124 Å². The van der Waals surface area contributed by atoms with Crippen molar-refractivity contribution in [1.82, 2.24) is 0 Å². The normalized spacial score (nSPS) is 11.6. The Kier molecular flexibility index (Phi) is 4.69. The van der Waals surface area contributed by atoms with Gasteiger partial charge in [0.2, 0.25) is 0 Å². The Hall–Kier alpha value is -1.79. The Bertz CT molecular complexity index is 692. The van der Waals surface area contributed by atoms with E-state index in [4.69, 9.17) is 9.52 Å². The summed E-state index contributed by atoms with van der Waals surface area (Å²) in [4.78, 5) is 0.168. The molecule has 0 radical (unpaired) electrons. The molecule has 21 heavy (non-hydrogen) atoms. The van der Waals surface area contributed by atoms with Crippen LogP contribution in [0.3, 0.4) is 0 Å². The van der Waals surface area contributed by atoms with Crippen molar-refractivity contribution in [3.63, 3.8) is 0 Å². The van der Waals surface area contributed by atoms with E-state index >= 15 is 0 Å². The topological polar surface area (TPSA) is 70.8 Å². The minimum atomic E-state index is -3.71. The number of sulfonamides is 1. The lowest BCUT2D eigenvalue weighted by Crippen LogP contribution is -2.32. The molecule has 0 saturated carbocycles. The van der Waals surface area contributed by atoms with Gasteiger partial charge in [-0.05, 0) is 32.4 Å². The van der Waals surface area contributed by atoms with Gasteiger partial charge in [0.15, 0.2) is 0 Å². The molecule has 2 rings (SSSR count). The average molecular weight is 309 g/mol. The third kappa shape index (κ3) is 3.28. The molecule has 6 heteroatoms. The zero-order valence-corrected chi connectivity index (χ0v) is 12.9. The van der Waals surface area contributed by atoms with Gasteiger partial charge in [0.25, 0.3) is 10.0 Å². The predicted molar refractivity (Wildman–Crippen MR) is 80.9 cm³/mol. The highest BCUT2D eigenvalue weighted by Crippen LogP contribution is 2.27. The number of aliphatic hydroxyl groups is 1. The van der Waals surface area contributed by atoms with Gasteiger partial charge in [0, 0.05) is 19.2 Å². The summed E-state index contributed by atoms with van der Waals surface area (Å²) in [6, 6.07) is 10.4. The number of hydrogen-bond donors (Lipinski definition) is 1. The van der Waals surface area contributed by atoms with Crippen LogP contribution < -0.4 is 4.31 Å². The fraction of sp³-hybridized carbons (Fsp3) is 0.333. The number of nitrogens with zero attached hydrogens (tertiary/aromatic N) is 1. The number of aryl methyl sites for hydroxylation is 2. The van der Waals surface area contributed by atoms with Gasteiger partial charge in [-0.1, -0.05) is 18.2 Å². The van der Waals surface area contributed by atoms with E-state index < -0.39 is 10.0 Å². The van der Waals surface area contributed by atoms with Crippen LogP contribution in [0.4, 0.5) is 5.69 Å². The van der Waals surface area contributed by atoms with E-state index in [9.17, 15) is 8.42 Å². The first kappa shape index (κ1) is 15.6. The minimum Gasteiger partial charge on any atom is -0.465 e. The largest absolute Gasteiger partial charge is 0.465 e. The number of para-hydroxylation sites is 1. The van der Waals surface area contributed by atoms with Gasteiger partial charge < -0.3 is 9.52 Å². The fourth-order valence-electron chi connectivity index (χ4n) is 2.18. The van der Waals surface area contributed by atoms with E-state index in [0.717, 1.165) is 0 Å². The van der Waals surface area contributed by atoms with Crippen molar-refractivity contribution in [2.75, 3.05) is 17.5 Å². The van der Waals surface area contributed by atoms with E-state index in [1.807, 2.05) is 6.07 Å². The highest BCUT2D eigenvalue weighted by atomic mass is 32.2. The SMILES string of the molecule is Cc1cc(S(=O)(=O)N(CCCO)c2ccccc2)c(C)o1. The Morgan fingerprint density at radius 3 is 2.38 bits per heavy atom. The lowest BCUT2D eigenvalue weighted by atomic mass is 10.3. The van der Waals surface area contributed by atoms with E-state index in [0.29, 0.717) is 23.6 Å². The molecule has 1 aromatic carbocycles. The van der Waals surface area contributed by atoms with Gasteiger partial charge in [0.05, 0.1) is 5.69 Å². The Morgan fingerprint density at radius 2 is 1.86 bits per heavy atom. The highest BCUT2D eigenvalue weighted by Gasteiger charge is 2.28. The molecule has 0 fully saturated rings. The third-order valence-electron chi connectivity index (χ3n) is 3.13. The van der Waals surface area contributed by atoms with Crippen LogP contribution in [0.15, 0.2) is 45.7 Å². The summed E-state index contributed by atoms with van der Waals surface area (Å²) in [5, 5.41) is 9.02. The van der Waals surface area contributed by atoms with Crippen molar-refractivity contribution >= 4 is 15.7 Å². The molecule has 5 nitrogen and oxygen atoms in total. The molecule has 114 valence electrons. The molecule has 0 aliphatic heterocycles. The second kappa shape index (κ2) is 6.32. The molecule has 0 bridgehead atoms. The Balaban J connectivity index is 2.47. The molecule has 1 N–H and O–H groups in total. The maximum absolute atomic E-state index is 12.9. The van der Waals surface area contributed by atoms with Crippen LogP contribution in [0.1, 0.15) is 17.9 Å². The van der Waals surface area contributed by atoms with Crippen LogP contribution in [0.5, 0.6) is 0 Å². The van der Waals surface area contributed by atoms with Crippen LogP contribution in [-0.2, 0) is 10.0 Å². The molecule has 0 atom stereocenters. The molecule has 1 aromatic heterocycles. The summed E-state index contributed by atoms with van der Waals surface area (Å²) < 4.78 is 32.4. The molecule has 0 saturated heterocycles. The quantitative estimate of drug-likeness (QED) is 0.890. The van der Waals surface area contributed by atoms with Crippen LogP contribution in [0, 0.1) is 13.8 Å². The summed E-state index contributed by atoms with van der Waals surface area (Å²) in [5.41, 5.74) is 0.573. The van der Waals surface area contributed by atoms with E-state index in [2.05, 4.69) is 0 Å². The predicted octanol–water partition coefficient (Wildman–Crippen LogP) is 2.47. The summed E-state index contributed by atoms with van der Waals surface area (Å²) in [7, 11) is -3.71. The molecule has 1 heterocycles. The van der Waals surface area contributed by atoms with Gasteiger partial charge in [-0.2, -0.15) is 0 Å². The number of rotatable bonds is 6. The first-order valence-electron chi connectivity index (χ1n) is 6.72. The molecule has 0 aliphatic carbocycles. The first-order chi connectivity index (χ1) is 9.96. The summed E-state index contributed by atoms with van der Waals surface area (Å²) in [6.07, 6.45) is 0.365. The van der Waals surface area contributed by atoms with Gasteiger partial charge in [-0.3, -0.25) is 4.31 Å². The smallest absolute Gasteiger partial charge is 0.267 e. The van der Waals surface area contributed by atoms with E-state index in [-0.39, 0.29) is 18.0 Å². The second-order valence-electron chi connectivity index (χ2n) is 4.77. The molecule has 2 aromatic rings. The minimum absolute atomic E-state index is 0.0672. The van der Waals surface area contributed by atoms with Gasteiger partial charge >= 0.3 is 0 Å². The fourth-order valence-corrected chi connectivity index (χ4v) is 3.90. The number of aliphatic hydroxyl groups excluding tert-OH is 1. The average Bonchev–Trinajstić information content (AvgIpc) is 2.80. The van der Waals surface area contributed by atoms with E-state index in [1.165, 1.54) is 10.4 Å². The van der Waals surface area contributed by atoms with Crippen molar-refractivity contribution in [2.45, 2.75) is 25.2 Å². The number of furan rings is 1. The highest BCUT2D eigenvalue weighted by molar-refractivity contribution is 7.92. The number of hydrogen-bond acceptors (Lipinski definition) is 4. The maximum atomic E-state index is 12.9. The zero-order valence-electron chi connectivity index (χ0n) is 12.1. The van der Waals surface area contributed by atoms with Crippen molar-refractivity contribution in [2.24, 2.45) is 0 Å². The third-order valence-corrected chi connectivity index (χ3v) is 5.06. The maximum Gasteiger partial charge on any atom is 0.267 e. The van der Waals surface area contributed by atoms with E-state index in [1.54, 1.807) is 38.1 Å². The van der Waals surface area contributed by atoms with Crippen molar-refractivity contribution in [3.05, 3.63) is 47.9 Å². The van der Waals surface area contributed by atoms with Crippen LogP contribution in [0.2, 0.25) is 0 Å². The standard InChI is InChI=1S/C15H19NO4S/c1-12-11-15(13(2)20-12)21(18,19)16(9-6-10-17)14-7-4-3-5-8-14/h3-5,7-8,11,17H,6,9-10H2,1-2H3. The monoisotopic (exact) mass is 309 g/mol.